The maximum absolute atomic E-state index is 13.6. The number of aromatic nitrogens is 2. The Morgan fingerprint density at radius 2 is 2.35 bits per heavy atom. The van der Waals surface area contributed by atoms with Gasteiger partial charge in [-0.2, -0.15) is 4.39 Å². The maximum atomic E-state index is 13.6. The van der Waals surface area contributed by atoms with Gasteiger partial charge < -0.3 is 4.74 Å². The number of rotatable bonds is 4. The molecule has 1 aromatic heterocycles. The fraction of sp³-hybridized carbons (Fsp3) is 0.300. The normalized spacial score (nSPS) is 10.9. The molecule has 0 N–H and O–H groups in total. The predicted octanol–water partition coefficient (Wildman–Crippen LogP) is 1.73. The zero-order valence-electron chi connectivity index (χ0n) is 9.09. The number of nitro benzene ring substituents is 1. The van der Waals surface area contributed by atoms with Crippen LogP contribution in [0.25, 0.3) is 10.9 Å². The third kappa shape index (κ3) is 1.96. The number of fused-ring (bicyclic) bond motifs is 1. The van der Waals surface area contributed by atoms with E-state index in [1.807, 2.05) is 0 Å². The van der Waals surface area contributed by atoms with Gasteiger partial charge in [0.2, 0.25) is 5.95 Å². The molecule has 0 saturated heterocycles. The van der Waals surface area contributed by atoms with E-state index in [-0.39, 0.29) is 11.1 Å². The van der Waals surface area contributed by atoms with Crippen LogP contribution in [0.4, 0.5) is 10.1 Å². The summed E-state index contributed by atoms with van der Waals surface area (Å²) in [6.45, 7) is 0.705. The van der Waals surface area contributed by atoms with Crippen molar-refractivity contribution >= 4 is 16.6 Å². The third-order valence-corrected chi connectivity index (χ3v) is 2.42. The van der Waals surface area contributed by atoms with Crippen molar-refractivity contribution in [1.82, 2.24) is 9.78 Å². The van der Waals surface area contributed by atoms with Gasteiger partial charge in [0, 0.05) is 13.2 Å². The second-order valence-corrected chi connectivity index (χ2v) is 3.44. The quantitative estimate of drug-likeness (QED) is 0.601. The first kappa shape index (κ1) is 11.5. The second kappa shape index (κ2) is 4.46. The first-order valence-corrected chi connectivity index (χ1v) is 4.93. The zero-order valence-corrected chi connectivity index (χ0v) is 9.09. The lowest BCUT2D eigenvalue weighted by Gasteiger charge is -2.01. The van der Waals surface area contributed by atoms with Crippen molar-refractivity contribution < 1.29 is 14.1 Å². The van der Waals surface area contributed by atoms with Crippen LogP contribution in [-0.2, 0) is 11.3 Å². The Balaban J connectivity index is 2.60. The average Bonchev–Trinajstić information content (AvgIpc) is 2.64. The van der Waals surface area contributed by atoms with Gasteiger partial charge in [-0.05, 0) is 6.07 Å². The van der Waals surface area contributed by atoms with Crippen molar-refractivity contribution in [2.45, 2.75) is 6.54 Å². The monoisotopic (exact) mass is 239 g/mol. The molecule has 0 aliphatic heterocycles. The number of halogens is 1. The molecule has 0 bridgehead atoms. The van der Waals surface area contributed by atoms with Crippen LogP contribution in [0.2, 0.25) is 0 Å². The third-order valence-electron chi connectivity index (χ3n) is 2.42. The van der Waals surface area contributed by atoms with Gasteiger partial charge in [-0.3, -0.25) is 14.8 Å². The molecular formula is C10H10FN3O3. The van der Waals surface area contributed by atoms with Crippen molar-refractivity contribution in [3.63, 3.8) is 0 Å². The van der Waals surface area contributed by atoms with Gasteiger partial charge in [0.05, 0.1) is 23.6 Å². The molecule has 0 saturated carbocycles. The Labute approximate surface area is 95.7 Å². The van der Waals surface area contributed by atoms with Crippen molar-refractivity contribution in [3.05, 3.63) is 34.3 Å². The fourth-order valence-electron chi connectivity index (χ4n) is 1.66. The fourth-order valence-corrected chi connectivity index (χ4v) is 1.66. The standard InChI is InChI=1S/C10H10FN3O3/c1-17-6-5-13-7-3-2-4-8(14(15)16)9(7)10(11)12-13/h2-4H,5-6H2,1H3. The number of hydrogen-bond donors (Lipinski definition) is 0. The molecule has 1 heterocycles. The molecule has 0 aliphatic carbocycles. The number of methoxy groups -OCH3 is 1. The molecule has 2 rings (SSSR count). The summed E-state index contributed by atoms with van der Waals surface area (Å²) >= 11 is 0. The molecule has 0 aliphatic rings. The van der Waals surface area contributed by atoms with E-state index in [2.05, 4.69) is 5.10 Å². The first-order valence-electron chi connectivity index (χ1n) is 4.93. The highest BCUT2D eigenvalue weighted by Crippen LogP contribution is 2.27. The Bertz CT molecular complexity index is 567. The molecule has 0 radical (unpaired) electrons. The summed E-state index contributed by atoms with van der Waals surface area (Å²) in [5.74, 6) is -0.830. The van der Waals surface area contributed by atoms with Gasteiger partial charge in [0.15, 0.2) is 0 Å². The van der Waals surface area contributed by atoms with Gasteiger partial charge in [-0.15, -0.1) is 5.10 Å². The molecule has 2 aromatic rings. The topological polar surface area (TPSA) is 70.2 Å². The minimum absolute atomic E-state index is 0.0615. The molecule has 1 aromatic carbocycles. The number of nitro groups is 1. The van der Waals surface area contributed by atoms with Crippen LogP contribution in [0.1, 0.15) is 0 Å². The molecule has 7 heteroatoms. The van der Waals surface area contributed by atoms with Crippen molar-refractivity contribution in [2.24, 2.45) is 0 Å². The van der Waals surface area contributed by atoms with Gasteiger partial charge in [-0.25, -0.2) is 0 Å². The number of benzene rings is 1. The summed E-state index contributed by atoms with van der Waals surface area (Å²) in [4.78, 5) is 10.2. The molecule has 6 nitrogen and oxygen atoms in total. The van der Waals surface area contributed by atoms with Gasteiger partial charge in [-0.1, -0.05) is 6.07 Å². The molecule has 0 spiro atoms. The Morgan fingerprint density at radius 1 is 1.59 bits per heavy atom. The van der Waals surface area contributed by atoms with E-state index in [9.17, 15) is 14.5 Å². The summed E-state index contributed by atoms with van der Waals surface area (Å²) in [7, 11) is 1.52. The molecule has 0 atom stereocenters. The summed E-state index contributed by atoms with van der Waals surface area (Å²) in [5, 5.41) is 14.3. The summed E-state index contributed by atoms with van der Waals surface area (Å²) in [6, 6.07) is 4.35. The number of non-ortho nitro benzene ring substituents is 1. The van der Waals surface area contributed by atoms with Crippen LogP contribution >= 0.6 is 0 Å². The zero-order chi connectivity index (χ0) is 12.4. The predicted molar refractivity (Wildman–Crippen MR) is 58.2 cm³/mol. The molecule has 90 valence electrons. The number of nitrogens with zero attached hydrogens (tertiary/aromatic N) is 3. The lowest BCUT2D eigenvalue weighted by molar-refractivity contribution is -0.383. The summed E-state index contributed by atoms with van der Waals surface area (Å²) in [6.07, 6.45) is 0. The molecular weight excluding hydrogens is 229 g/mol. The van der Waals surface area contributed by atoms with Crippen LogP contribution in [0.15, 0.2) is 18.2 Å². The van der Waals surface area contributed by atoms with Crippen molar-refractivity contribution in [1.29, 1.82) is 0 Å². The lowest BCUT2D eigenvalue weighted by atomic mass is 10.2. The summed E-state index contributed by atoms with van der Waals surface area (Å²) < 4.78 is 19.8. The Morgan fingerprint density at radius 3 is 3.00 bits per heavy atom. The average molecular weight is 239 g/mol. The minimum Gasteiger partial charge on any atom is -0.383 e. The van der Waals surface area contributed by atoms with Crippen LogP contribution in [0.5, 0.6) is 0 Å². The van der Waals surface area contributed by atoms with Crippen molar-refractivity contribution in [3.8, 4) is 0 Å². The highest BCUT2D eigenvalue weighted by molar-refractivity contribution is 5.88. The van der Waals surface area contributed by atoms with Crippen LogP contribution < -0.4 is 0 Å². The molecule has 0 amide bonds. The van der Waals surface area contributed by atoms with E-state index in [0.717, 1.165) is 0 Å². The van der Waals surface area contributed by atoms with E-state index in [4.69, 9.17) is 4.74 Å². The highest BCUT2D eigenvalue weighted by Gasteiger charge is 2.20. The Kier molecular flexibility index (Phi) is 3.01. The first-order chi connectivity index (χ1) is 8.15. The van der Waals surface area contributed by atoms with E-state index >= 15 is 0 Å². The molecule has 0 fully saturated rings. The lowest BCUT2D eigenvalue weighted by Crippen LogP contribution is -2.05. The van der Waals surface area contributed by atoms with E-state index in [0.29, 0.717) is 18.7 Å². The SMILES string of the molecule is COCCn1nc(F)c2c([N+](=O)[O-])cccc21. The van der Waals surface area contributed by atoms with Gasteiger partial charge in [0.25, 0.3) is 5.69 Å². The minimum atomic E-state index is -0.830. The maximum Gasteiger partial charge on any atom is 0.283 e. The molecule has 0 unspecified atom stereocenters. The van der Waals surface area contributed by atoms with Gasteiger partial charge >= 0.3 is 0 Å². The Hall–Kier alpha value is -2.02. The second-order valence-electron chi connectivity index (χ2n) is 3.44. The van der Waals surface area contributed by atoms with Crippen molar-refractivity contribution in [2.75, 3.05) is 13.7 Å². The largest absolute Gasteiger partial charge is 0.383 e. The highest BCUT2D eigenvalue weighted by atomic mass is 19.1. The smallest absolute Gasteiger partial charge is 0.283 e. The van der Waals surface area contributed by atoms with Crippen LogP contribution in [-0.4, -0.2) is 28.4 Å². The van der Waals surface area contributed by atoms with Crippen LogP contribution in [0.3, 0.4) is 0 Å². The molecule has 17 heavy (non-hydrogen) atoms. The number of hydrogen-bond acceptors (Lipinski definition) is 4. The summed E-state index contributed by atoms with van der Waals surface area (Å²) in [5.41, 5.74) is 0.123. The van der Waals surface area contributed by atoms with Gasteiger partial charge in [0.1, 0.15) is 5.39 Å². The number of ether oxygens (including phenoxy) is 1. The van der Waals surface area contributed by atoms with Crippen LogP contribution in [0, 0.1) is 16.1 Å². The van der Waals surface area contributed by atoms with E-state index in [1.54, 1.807) is 6.07 Å². The van der Waals surface area contributed by atoms with E-state index < -0.39 is 10.9 Å². The van der Waals surface area contributed by atoms with E-state index in [1.165, 1.54) is 23.9 Å².